The third kappa shape index (κ3) is 2.64. The Kier molecular flexibility index (Phi) is 3.74. The molecule has 24 heavy (non-hydrogen) atoms. The van der Waals surface area contributed by atoms with Gasteiger partial charge in [0.2, 0.25) is 0 Å². The van der Waals surface area contributed by atoms with Gasteiger partial charge in [-0.3, -0.25) is 9.78 Å². The van der Waals surface area contributed by atoms with E-state index in [1.807, 2.05) is 35.2 Å². The number of benzene rings is 1. The molecule has 4 rings (SSSR count). The number of nitrogens with zero attached hydrogens (tertiary/aromatic N) is 6. The highest BCUT2D eigenvalue weighted by molar-refractivity contribution is 5.92. The SMILES string of the molecule is O=C(c1cnccn1)N1CC[C@@H](n2cnnc2-c2ccccc2)C1. The maximum atomic E-state index is 12.5. The Morgan fingerprint density at radius 3 is 2.83 bits per heavy atom. The van der Waals surface area contributed by atoms with Gasteiger partial charge in [-0.15, -0.1) is 10.2 Å². The fourth-order valence-corrected chi connectivity index (χ4v) is 3.03. The number of rotatable bonds is 3. The normalized spacial score (nSPS) is 17.2. The second-order valence-electron chi connectivity index (χ2n) is 5.71. The summed E-state index contributed by atoms with van der Waals surface area (Å²) in [7, 11) is 0. The zero-order chi connectivity index (χ0) is 16.4. The fourth-order valence-electron chi connectivity index (χ4n) is 3.03. The van der Waals surface area contributed by atoms with Crippen molar-refractivity contribution in [2.24, 2.45) is 0 Å². The first-order valence-corrected chi connectivity index (χ1v) is 7.83. The van der Waals surface area contributed by atoms with Crippen LogP contribution in [0.25, 0.3) is 11.4 Å². The molecule has 1 aliphatic heterocycles. The lowest BCUT2D eigenvalue weighted by atomic mass is 10.2. The molecular weight excluding hydrogens is 304 g/mol. The Morgan fingerprint density at radius 2 is 2.04 bits per heavy atom. The second kappa shape index (κ2) is 6.19. The molecule has 2 aromatic heterocycles. The van der Waals surface area contributed by atoms with Crippen molar-refractivity contribution in [3.05, 3.63) is 60.9 Å². The molecule has 0 aliphatic carbocycles. The van der Waals surface area contributed by atoms with Crippen LogP contribution in [-0.2, 0) is 0 Å². The number of carbonyl (C=O) groups excluding carboxylic acids is 1. The molecule has 3 aromatic rings. The van der Waals surface area contributed by atoms with Crippen molar-refractivity contribution in [1.29, 1.82) is 0 Å². The molecule has 0 saturated carbocycles. The van der Waals surface area contributed by atoms with Crippen LogP contribution in [-0.4, -0.2) is 48.6 Å². The van der Waals surface area contributed by atoms with E-state index in [-0.39, 0.29) is 11.9 Å². The monoisotopic (exact) mass is 320 g/mol. The van der Waals surface area contributed by atoms with Gasteiger partial charge in [0.25, 0.3) is 5.91 Å². The van der Waals surface area contributed by atoms with E-state index in [1.54, 1.807) is 12.5 Å². The lowest BCUT2D eigenvalue weighted by molar-refractivity contribution is 0.0781. The molecule has 0 unspecified atom stereocenters. The Bertz CT molecular complexity index is 833. The molecule has 0 radical (unpaired) electrons. The first kappa shape index (κ1) is 14.5. The van der Waals surface area contributed by atoms with E-state index in [2.05, 4.69) is 24.7 Å². The topological polar surface area (TPSA) is 76.8 Å². The largest absolute Gasteiger partial charge is 0.335 e. The molecule has 3 heterocycles. The van der Waals surface area contributed by atoms with Crippen LogP contribution >= 0.6 is 0 Å². The van der Waals surface area contributed by atoms with Gasteiger partial charge in [-0.1, -0.05) is 30.3 Å². The van der Waals surface area contributed by atoms with Gasteiger partial charge in [0, 0.05) is 31.0 Å². The van der Waals surface area contributed by atoms with E-state index in [0.717, 1.165) is 17.8 Å². The van der Waals surface area contributed by atoms with Crippen LogP contribution in [0.4, 0.5) is 0 Å². The average Bonchev–Trinajstić information content (AvgIpc) is 3.32. The van der Waals surface area contributed by atoms with Gasteiger partial charge in [0.1, 0.15) is 12.0 Å². The minimum atomic E-state index is -0.0834. The number of carbonyl (C=O) groups is 1. The molecular formula is C17H16N6O. The highest BCUT2D eigenvalue weighted by Gasteiger charge is 2.30. The Hall–Kier alpha value is -3.09. The van der Waals surface area contributed by atoms with E-state index in [4.69, 9.17) is 0 Å². The Labute approximate surface area is 139 Å². The summed E-state index contributed by atoms with van der Waals surface area (Å²) in [6.45, 7) is 1.31. The molecule has 1 saturated heterocycles. The summed E-state index contributed by atoms with van der Waals surface area (Å²) in [4.78, 5) is 22.4. The maximum absolute atomic E-state index is 12.5. The molecule has 120 valence electrons. The predicted octanol–water partition coefficient (Wildman–Crippen LogP) is 1.82. The molecule has 0 bridgehead atoms. The van der Waals surface area contributed by atoms with Crippen molar-refractivity contribution >= 4 is 5.91 Å². The van der Waals surface area contributed by atoms with Crippen LogP contribution in [0.15, 0.2) is 55.2 Å². The van der Waals surface area contributed by atoms with E-state index < -0.39 is 0 Å². The van der Waals surface area contributed by atoms with E-state index in [9.17, 15) is 4.79 Å². The summed E-state index contributed by atoms with van der Waals surface area (Å²) >= 11 is 0. The summed E-state index contributed by atoms with van der Waals surface area (Å²) in [6.07, 6.45) is 7.21. The van der Waals surface area contributed by atoms with Crippen LogP contribution in [0.2, 0.25) is 0 Å². The van der Waals surface area contributed by atoms with Crippen molar-refractivity contribution in [2.45, 2.75) is 12.5 Å². The number of hydrogen-bond acceptors (Lipinski definition) is 5. The quantitative estimate of drug-likeness (QED) is 0.736. The van der Waals surface area contributed by atoms with Gasteiger partial charge in [-0.2, -0.15) is 0 Å². The molecule has 1 amide bonds. The Balaban J connectivity index is 1.54. The molecule has 1 atom stereocenters. The van der Waals surface area contributed by atoms with Gasteiger partial charge in [0.15, 0.2) is 5.82 Å². The van der Waals surface area contributed by atoms with Gasteiger partial charge in [0.05, 0.1) is 12.2 Å². The van der Waals surface area contributed by atoms with E-state index in [0.29, 0.717) is 18.8 Å². The highest BCUT2D eigenvalue weighted by atomic mass is 16.2. The zero-order valence-corrected chi connectivity index (χ0v) is 13.0. The number of hydrogen-bond donors (Lipinski definition) is 0. The van der Waals surface area contributed by atoms with Crippen LogP contribution in [0, 0.1) is 0 Å². The van der Waals surface area contributed by atoms with Crippen molar-refractivity contribution < 1.29 is 4.79 Å². The Morgan fingerprint density at radius 1 is 1.17 bits per heavy atom. The highest BCUT2D eigenvalue weighted by Crippen LogP contribution is 2.27. The van der Waals surface area contributed by atoms with Crippen molar-refractivity contribution in [2.75, 3.05) is 13.1 Å². The van der Waals surface area contributed by atoms with Gasteiger partial charge in [-0.25, -0.2) is 4.98 Å². The summed E-state index contributed by atoms with van der Waals surface area (Å²) in [5, 5.41) is 8.30. The first-order valence-electron chi connectivity index (χ1n) is 7.83. The smallest absolute Gasteiger partial charge is 0.274 e. The standard InChI is InChI=1S/C17H16N6O/c24-17(15-10-18-7-8-19-15)22-9-6-14(11-22)23-12-20-21-16(23)13-4-2-1-3-5-13/h1-5,7-8,10,12,14H,6,9,11H2/t14-/m1/s1. The maximum Gasteiger partial charge on any atom is 0.274 e. The fraction of sp³-hybridized carbons (Fsp3) is 0.235. The summed E-state index contributed by atoms with van der Waals surface area (Å²) in [5.41, 5.74) is 1.40. The van der Waals surface area contributed by atoms with Gasteiger partial charge >= 0.3 is 0 Å². The van der Waals surface area contributed by atoms with Crippen LogP contribution in [0.1, 0.15) is 23.0 Å². The number of amides is 1. The summed E-state index contributed by atoms with van der Waals surface area (Å²) in [5.74, 6) is 0.745. The number of likely N-dealkylation sites (tertiary alicyclic amines) is 1. The van der Waals surface area contributed by atoms with Gasteiger partial charge < -0.3 is 9.47 Å². The molecule has 1 aromatic carbocycles. The molecule has 7 nitrogen and oxygen atoms in total. The lowest BCUT2D eigenvalue weighted by Gasteiger charge is -2.17. The molecule has 1 aliphatic rings. The number of aromatic nitrogens is 5. The molecule has 1 fully saturated rings. The van der Waals surface area contributed by atoms with Crippen molar-refractivity contribution in [3.63, 3.8) is 0 Å². The van der Waals surface area contributed by atoms with Crippen molar-refractivity contribution in [1.82, 2.24) is 29.6 Å². The van der Waals surface area contributed by atoms with Crippen molar-refractivity contribution in [3.8, 4) is 11.4 Å². The summed E-state index contributed by atoms with van der Waals surface area (Å²) < 4.78 is 2.05. The third-order valence-electron chi connectivity index (χ3n) is 4.23. The predicted molar refractivity (Wildman–Crippen MR) is 87.0 cm³/mol. The first-order chi connectivity index (χ1) is 11.8. The van der Waals surface area contributed by atoms with Crippen LogP contribution in [0.5, 0.6) is 0 Å². The zero-order valence-electron chi connectivity index (χ0n) is 13.0. The third-order valence-corrected chi connectivity index (χ3v) is 4.23. The van der Waals surface area contributed by atoms with Crippen LogP contribution in [0.3, 0.4) is 0 Å². The molecule has 0 spiro atoms. The van der Waals surface area contributed by atoms with E-state index in [1.165, 1.54) is 12.4 Å². The van der Waals surface area contributed by atoms with Gasteiger partial charge in [-0.05, 0) is 6.42 Å². The second-order valence-corrected chi connectivity index (χ2v) is 5.71. The lowest BCUT2D eigenvalue weighted by Crippen LogP contribution is -2.29. The average molecular weight is 320 g/mol. The van der Waals surface area contributed by atoms with Crippen LogP contribution < -0.4 is 0 Å². The molecule has 0 N–H and O–H groups in total. The minimum Gasteiger partial charge on any atom is -0.335 e. The van der Waals surface area contributed by atoms with E-state index >= 15 is 0 Å². The summed E-state index contributed by atoms with van der Waals surface area (Å²) in [6, 6.07) is 10.1. The minimum absolute atomic E-state index is 0.0834. The molecule has 7 heteroatoms.